The summed E-state index contributed by atoms with van der Waals surface area (Å²) in [6.07, 6.45) is 2.26. The molecule has 112 valence electrons. The number of allylic oxidation sites excluding steroid dienone is 2. The van der Waals surface area contributed by atoms with Crippen molar-refractivity contribution in [2.24, 2.45) is 0 Å². The predicted molar refractivity (Wildman–Crippen MR) is 103 cm³/mol. The van der Waals surface area contributed by atoms with Gasteiger partial charge in [0.05, 0.1) is 0 Å². The van der Waals surface area contributed by atoms with Crippen LogP contribution in [0.2, 0.25) is 0 Å². The van der Waals surface area contributed by atoms with Crippen LogP contribution in [-0.4, -0.2) is 0 Å². The van der Waals surface area contributed by atoms with Gasteiger partial charge in [-0.3, -0.25) is 0 Å². The predicted octanol–water partition coefficient (Wildman–Crippen LogP) is 7.06. The minimum absolute atomic E-state index is 1.39. The van der Waals surface area contributed by atoms with E-state index in [1.54, 1.807) is 0 Å². The van der Waals surface area contributed by atoms with Gasteiger partial charge in [0.25, 0.3) is 0 Å². The molecule has 2 aliphatic carbocycles. The van der Waals surface area contributed by atoms with Crippen LogP contribution in [0, 0.1) is 0 Å². The Kier molecular flexibility index (Phi) is 2.68. The SMILES string of the molecule is C/C=C1\c2cc3c(cc2-c2sccc21)C(=C(C)C)c1ccsc1-3. The van der Waals surface area contributed by atoms with E-state index in [1.165, 1.54) is 59.9 Å². The maximum atomic E-state index is 2.44. The van der Waals surface area contributed by atoms with E-state index >= 15 is 0 Å². The largest absolute Gasteiger partial charge is 0.143 e. The van der Waals surface area contributed by atoms with Gasteiger partial charge in [-0.15, -0.1) is 22.7 Å². The molecule has 3 aromatic rings. The van der Waals surface area contributed by atoms with Crippen LogP contribution in [0.25, 0.3) is 32.0 Å². The normalized spacial score (nSPS) is 15.6. The molecule has 0 saturated carbocycles. The third kappa shape index (κ3) is 1.60. The first-order chi connectivity index (χ1) is 11.2. The van der Waals surface area contributed by atoms with E-state index in [1.807, 2.05) is 22.7 Å². The van der Waals surface area contributed by atoms with E-state index in [2.05, 4.69) is 61.9 Å². The Balaban J connectivity index is 1.89. The summed E-state index contributed by atoms with van der Waals surface area (Å²) in [4.78, 5) is 2.86. The lowest BCUT2D eigenvalue weighted by Gasteiger charge is -2.09. The van der Waals surface area contributed by atoms with Gasteiger partial charge >= 0.3 is 0 Å². The highest BCUT2D eigenvalue weighted by Crippen LogP contribution is 2.55. The summed E-state index contributed by atoms with van der Waals surface area (Å²) in [7, 11) is 0. The second-order valence-electron chi connectivity index (χ2n) is 6.35. The molecule has 23 heavy (non-hydrogen) atoms. The van der Waals surface area contributed by atoms with Crippen LogP contribution >= 0.6 is 22.7 Å². The summed E-state index contributed by atoms with van der Waals surface area (Å²) < 4.78 is 0. The molecule has 2 aliphatic rings. The monoisotopic (exact) mass is 332 g/mol. The molecule has 0 spiro atoms. The van der Waals surface area contributed by atoms with E-state index in [-0.39, 0.29) is 0 Å². The summed E-state index contributed by atoms with van der Waals surface area (Å²) in [6, 6.07) is 9.41. The Labute approximate surface area is 144 Å². The molecule has 1 aromatic carbocycles. The second kappa shape index (κ2) is 4.56. The summed E-state index contributed by atoms with van der Waals surface area (Å²) in [5.41, 5.74) is 12.7. The molecule has 0 nitrogen and oxygen atoms in total. The summed E-state index contributed by atoms with van der Waals surface area (Å²) >= 11 is 3.73. The summed E-state index contributed by atoms with van der Waals surface area (Å²) in [5, 5.41) is 4.43. The van der Waals surface area contributed by atoms with Gasteiger partial charge in [-0.2, -0.15) is 0 Å². The van der Waals surface area contributed by atoms with E-state index in [4.69, 9.17) is 0 Å². The molecular weight excluding hydrogens is 316 g/mol. The second-order valence-corrected chi connectivity index (χ2v) is 8.18. The minimum atomic E-state index is 1.39. The van der Waals surface area contributed by atoms with Crippen molar-refractivity contribution in [1.29, 1.82) is 0 Å². The standard InChI is InChI=1S/C21H16S2/c1-4-12-13-5-7-22-20(13)17-10-16-18(9-15(12)17)21-14(6-8-23-21)19(16)11(2)3/h4-10H,1-3H3/b12-4-. The fraction of sp³-hybridized carbons (Fsp3) is 0.143. The quantitative estimate of drug-likeness (QED) is 0.284. The van der Waals surface area contributed by atoms with Gasteiger partial charge in [0.2, 0.25) is 0 Å². The lowest BCUT2D eigenvalue weighted by Crippen LogP contribution is -1.87. The van der Waals surface area contributed by atoms with Crippen LogP contribution in [0.1, 0.15) is 43.0 Å². The third-order valence-corrected chi connectivity index (χ3v) is 6.78. The Morgan fingerprint density at radius 3 is 2.09 bits per heavy atom. The van der Waals surface area contributed by atoms with E-state index in [0.29, 0.717) is 0 Å². The van der Waals surface area contributed by atoms with E-state index < -0.39 is 0 Å². The van der Waals surface area contributed by atoms with Crippen LogP contribution in [0.3, 0.4) is 0 Å². The van der Waals surface area contributed by atoms with Crippen LogP contribution in [0.5, 0.6) is 0 Å². The molecule has 2 heteroatoms. The molecule has 0 saturated heterocycles. The molecule has 0 bridgehead atoms. The average molecular weight is 332 g/mol. The first kappa shape index (κ1) is 13.5. The molecule has 2 aromatic heterocycles. The van der Waals surface area contributed by atoms with E-state index in [9.17, 15) is 0 Å². The van der Waals surface area contributed by atoms with Crippen LogP contribution in [-0.2, 0) is 0 Å². The van der Waals surface area contributed by atoms with Crippen molar-refractivity contribution in [3.63, 3.8) is 0 Å². The van der Waals surface area contributed by atoms with Crippen molar-refractivity contribution in [3.8, 4) is 20.9 Å². The minimum Gasteiger partial charge on any atom is -0.143 e. The van der Waals surface area contributed by atoms with Crippen molar-refractivity contribution in [2.45, 2.75) is 20.8 Å². The molecule has 0 radical (unpaired) electrons. The highest BCUT2D eigenvalue weighted by atomic mass is 32.1. The number of benzene rings is 1. The first-order valence-electron chi connectivity index (χ1n) is 7.89. The fourth-order valence-electron chi connectivity index (χ4n) is 3.99. The Hall–Kier alpha value is -1.90. The van der Waals surface area contributed by atoms with Gasteiger partial charge < -0.3 is 0 Å². The van der Waals surface area contributed by atoms with Crippen molar-refractivity contribution >= 4 is 33.8 Å². The van der Waals surface area contributed by atoms with Crippen LogP contribution in [0.4, 0.5) is 0 Å². The Morgan fingerprint density at radius 2 is 1.39 bits per heavy atom. The zero-order valence-electron chi connectivity index (χ0n) is 13.4. The number of fused-ring (bicyclic) bond motifs is 6. The van der Waals surface area contributed by atoms with Gasteiger partial charge in [0.15, 0.2) is 0 Å². The van der Waals surface area contributed by atoms with Crippen LogP contribution in [0.15, 0.2) is 46.7 Å². The van der Waals surface area contributed by atoms with Gasteiger partial charge in [-0.25, -0.2) is 0 Å². The fourth-order valence-corrected chi connectivity index (χ4v) is 5.86. The highest BCUT2D eigenvalue weighted by Gasteiger charge is 2.31. The van der Waals surface area contributed by atoms with Crippen molar-refractivity contribution in [1.82, 2.24) is 0 Å². The summed E-state index contributed by atoms with van der Waals surface area (Å²) in [6.45, 7) is 6.61. The topological polar surface area (TPSA) is 0 Å². The molecular formula is C21H16S2. The molecule has 0 amide bonds. The van der Waals surface area contributed by atoms with Crippen molar-refractivity contribution in [2.75, 3.05) is 0 Å². The molecule has 5 rings (SSSR count). The molecule has 2 heterocycles. The van der Waals surface area contributed by atoms with Gasteiger partial charge in [-0.1, -0.05) is 11.6 Å². The zero-order chi connectivity index (χ0) is 15.7. The maximum Gasteiger partial charge on any atom is 0.0427 e. The molecule has 0 N–H and O–H groups in total. The third-order valence-electron chi connectivity index (χ3n) is 4.89. The Bertz CT molecular complexity index is 1030. The van der Waals surface area contributed by atoms with Crippen molar-refractivity contribution < 1.29 is 0 Å². The Morgan fingerprint density at radius 1 is 0.783 bits per heavy atom. The highest BCUT2D eigenvalue weighted by molar-refractivity contribution is 7.14. The lowest BCUT2D eigenvalue weighted by atomic mass is 9.95. The smallest absolute Gasteiger partial charge is 0.0427 e. The molecule has 0 unspecified atom stereocenters. The molecule has 0 aliphatic heterocycles. The number of thiophene rings is 2. The maximum absolute atomic E-state index is 2.44. The molecule has 0 fully saturated rings. The number of hydrogen-bond donors (Lipinski definition) is 0. The number of hydrogen-bond acceptors (Lipinski definition) is 2. The molecule has 0 atom stereocenters. The zero-order valence-corrected chi connectivity index (χ0v) is 15.0. The van der Waals surface area contributed by atoms with E-state index in [0.717, 1.165) is 0 Å². The van der Waals surface area contributed by atoms with Gasteiger partial charge in [0, 0.05) is 32.0 Å². The van der Waals surface area contributed by atoms with Gasteiger partial charge in [-0.05, 0) is 78.1 Å². The van der Waals surface area contributed by atoms with Crippen LogP contribution < -0.4 is 0 Å². The average Bonchev–Trinajstić information content (AvgIpc) is 3.25. The van der Waals surface area contributed by atoms with Crippen molar-refractivity contribution in [3.05, 3.63) is 68.9 Å². The van der Waals surface area contributed by atoms with Gasteiger partial charge in [0.1, 0.15) is 0 Å². The lowest BCUT2D eigenvalue weighted by molar-refractivity contribution is 1.39. The summed E-state index contributed by atoms with van der Waals surface area (Å²) in [5.74, 6) is 0. The first-order valence-corrected chi connectivity index (χ1v) is 9.65. The number of rotatable bonds is 0.